The Bertz CT molecular complexity index is 1080. The van der Waals surface area contributed by atoms with E-state index in [0.29, 0.717) is 34.5 Å². The second kappa shape index (κ2) is 7.62. The van der Waals surface area contributed by atoms with E-state index < -0.39 is 11.5 Å². The number of carbonyl (C=O) groups is 2. The van der Waals surface area contributed by atoms with Crippen LogP contribution in [0.15, 0.2) is 36.4 Å². The summed E-state index contributed by atoms with van der Waals surface area (Å²) < 4.78 is 10.7. The van der Waals surface area contributed by atoms with E-state index in [9.17, 15) is 9.59 Å². The number of hydrogen-bond donors (Lipinski definition) is 2. The largest absolute Gasteiger partial charge is 0.495 e. The normalized spacial score (nSPS) is 26.5. The fourth-order valence-electron chi connectivity index (χ4n) is 5.08. The number of halogens is 1. The lowest BCUT2D eigenvalue weighted by atomic mass is 9.79. The van der Waals surface area contributed by atoms with Crippen molar-refractivity contribution in [2.45, 2.75) is 18.0 Å². The number of thioether (sulfide) groups is 1. The van der Waals surface area contributed by atoms with Crippen molar-refractivity contribution in [1.29, 1.82) is 0 Å². The molecule has 2 N–H and O–H groups in total. The number of amides is 2. The van der Waals surface area contributed by atoms with Crippen molar-refractivity contribution in [3.05, 3.63) is 47.0 Å². The number of ether oxygens (including phenoxy) is 2. The fourth-order valence-corrected chi connectivity index (χ4v) is 6.63. The molecular formula is C22H22ClN3O4S. The Balaban J connectivity index is 1.55. The minimum Gasteiger partial charge on any atom is -0.495 e. The van der Waals surface area contributed by atoms with E-state index in [-0.39, 0.29) is 17.9 Å². The second-order valence-electron chi connectivity index (χ2n) is 7.85. The van der Waals surface area contributed by atoms with Crippen LogP contribution in [0.4, 0.5) is 11.4 Å². The van der Waals surface area contributed by atoms with Crippen molar-refractivity contribution in [3.63, 3.8) is 0 Å². The minimum atomic E-state index is -1.02. The molecule has 3 heterocycles. The van der Waals surface area contributed by atoms with Crippen molar-refractivity contribution in [1.82, 2.24) is 4.90 Å². The number of hydrogen-bond acceptors (Lipinski definition) is 6. The lowest BCUT2D eigenvalue weighted by Gasteiger charge is -2.36. The molecule has 0 aromatic heterocycles. The summed E-state index contributed by atoms with van der Waals surface area (Å²) in [6.07, 6.45) is 0.604. The van der Waals surface area contributed by atoms with E-state index in [1.165, 1.54) is 14.2 Å². The van der Waals surface area contributed by atoms with E-state index in [0.717, 1.165) is 17.0 Å². The second-order valence-corrected chi connectivity index (χ2v) is 9.26. The van der Waals surface area contributed by atoms with Crippen molar-refractivity contribution < 1.29 is 19.1 Å². The monoisotopic (exact) mass is 459 g/mol. The van der Waals surface area contributed by atoms with Gasteiger partial charge in [-0.05, 0) is 18.6 Å². The molecule has 31 heavy (non-hydrogen) atoms. The third-order valence-electron chi connectivity index (χ3n) is 6.43. The van der Waals surface area contributed by atoms with Crippen molar-refractivity contribution >= 4 is 46.6 Å². The zero-order chi connectivity index (χ0) is 21.8. The molecule has 3 aliphatic heterocycles. The molecule has 9 heteroatoms. The Morgan fingerprint density at radius 1 is 1.26 bits per heavy atom. The van der Waals surface area contributed by atoms with Crippen LogP contribution in [-0.2, 0) is 15.1 Å². The Labute approximate surface area is 189 Å². The molecule has 162 valence electrons. The average Bonchev–Trinajstić information content (AvgIpc) is 3.42. The zero-order valence-electron chi connectivity index (χ0n) is 17.1. The third kappa shape index (κ3) is 2.92. The van der Waals surface area contributed by atoms with Crippen molar-refractivity contribution in [3.8, 4) is 11.5 Å². The highest BCUT2D eigenvalue weighted by Gasteiger charge is 2.65. The minimum absolute atomic E-state index is 0.140. The lowest BCUT2D eigenvalue weighted by Crippen LogP contribution is -2.53. The molecule has 0 unspecified atom stereocenters. The molecule has 2 amide bonds. The number of anilines is 2. The van der Waals surface area contributed by atoms with Gasteiger partial charge in [0, 0.05) is 35.0 Å². The van der Waals surface area contributed by atoms with Crippen LogP contribution in [0.2, 0.25) is 5.02 Å². The summed E-state index contributed by atoms with van der Waals surface area (Å²) in [7, 11) is 3.03. The first kappa shape index (κ1) is 20.5. The van der Waals surface area contributed by atoms with Crippen molar-refractivity contribution in [2.24, 2.45) is 5.92 Å². The van der Waals surface area contributed by atoms with Gasteiger partial charge >= 0.3 is 0 Å². The maximum atomic E-state index is 13.6. The highest BCUT2D eigenvalue weighted by molar-refractivity contribution is 7.99. The predicted octanol–water partition coefficient (Wildman–Crippen LogP) is 3.54. The van der Waals surface area contributed by atoms with E-state index in [4.69, 9.17) is 21.1 Å². The van der Waals surface area contributed by atoms with Crippen LogP contribution in [0, 0.1) is 5.92 Å². The number of rotatable bonds is 4. The number of fused-ring (bicyclic) bond motifs is 4. The van der Waals surface area contributed by atoms with Crippen LogP contribution in [-0.4, -0.2) is 48.6 Å². The van der Waals surface area contributed by atoms with Gasteiger partial charge in [0.2, 0.25) is 11.8 Å². The van der Waals surface area contributed by atoms with Gasteiger partial charge in [-0.25, -0.2) is 0 Å². The number of para-hydroxylation sites is 1. The third-order valence-corrected chi connectivity index (χ3v) is 7.80. The summed E-state index contributed by atoms with van der Waals surface area (Å²) in [6, 6.07) is 11.1. The molecule has 2 aromatic rings. The van der Waals surface area contributed by atoms with Crippen LogP contribution in [0.25, 0.3) is 0 Å². The Kier molecular flexibility index (Phi) is 5.03. The van der Waals surface area contributed by atoms with E-state index in [1.54, 1.807) is 23.9 Å². The standard InChI is InChI=1S/C22H22ClN3O4S/c1-29-18-9-19(30-2)17(8-15(18)23)24-20(27)14-7-12-10-31-11-26(12)22(14)13-5-3-4-6-16(13)25-21(22)28/h3-6,8-9,12,14H,7,10-11H2,1-2H3,(H,24,27)(H,25,28)/t12-,14-,22+/m0/s1. The molecule has 2 saturated heterocycles. The molecular weight excluding hydrogens is 438 g/mol. The smallest absolute Gasteiger partial charge is 0.250 e. The first-order valence-corrected chi connectivity index (χ1v) is 11.5. The molecule has 0 aliphatic carbocycles. The molecule has 2 fully saturated rings. The molecule has 5 rings (SSSR count). The highest BCUT2D eigenvalue weighted by Crippen LogP contribution is 2.55. The SMILES string of the molecule is COc1cc(OC)c(NC(=O)[C@@H]2C[C@H]3CSCN3[C@@]23C(=O)Nc2ccccc23)cc1Cl. The van der Waals surface area contributed by atoms with E-state index in [2.05, 4.69) is 15.5 Å². The van der Waals surface area contributed by atoms with Gasteiger partial charge in [0.25, 0.3) is 0 Å². The van der Waals surface area contributed by atoms with Gasteiger partial charge in [0.05, 0.1) is 30.8 Å². The van der Waals surface area contributed by atoms with Crippen LogP contribution in [0.5, 0.6) is 11.5 Å². The Morgan fingerprint density at radius 2 is 2.03 bits per heavy atom. The van der Waals surface area contributed by atoms with E-state index in [1.807, 2.05) is 24.3 Å². The molecule has 2 aromatic carbocycles. The van der Waals surface area contributed by atoms with Gasteiger partial charge in [-0.1, -0.05) is 29.8 Å². The summed E-state index contributed by atoms with van der Waals surface area (Å²) in [6.45, 7) is 0. The summed E-state index contributed by atoms with van der Waals surface area (Å²) in [5.74, 6) is 1.59. The van der Waals surface area contributed by atoms with Gasteiger partial charge in [-0.3, -0.25) is 14.5 Å². The average molecular weight is 460 g/mol. The van der Waals surface area contributed by atoms with Crippen LogP contribution in [0.3, 0.4) is 0 Å². The number of nitrogens with zero attached hydrogens (tertiary/aromatic N) is 1. The fraction of sp³-hybridized carbons (Fsp3) is 0.364. The van der Waals surface area contributed by atoms with E-state index >= 15 is 0 Å². The molecule has 3 aliphatic rings. The highest BCUT2D eigenvalue weighted by atomic mass is 35.5. The number of nitrogens with one attached hydrogen (secondary N) is 2. The van der Waals surface area contributed by atoms with Gasteiger partial charge in [-0.2, -0.15) is 0 Å². The molecule has 7 nitrogen and oxygen atoms in total. The van der Waals surface area contributed by atoms with Crippen LogP contribution < -0.4 is 20.1 Å². The van der Waals surface area contributed by atoms with Gasteiger partial charge in [0.15, 0.2) is 0 Å². The lowest BCUT2D eigenvalue weighted by molar-refractivity contribution is -0.134. The first-order valence-electron chi connectivity index (χ1n) is 9.98. The summed E-state index contributed by atoms with van der Waals surface area (Å²) in [5, 5.41) is 6.34. The maximum Gasteiger partial charge on any atom is 0.250 e. The Hall–Kier alpha value is -2.42. The summed E-state index contributed by atoms with van der Waals surface area (Å²) >= 11 is 8.08. The summed E-state index contributed by atoms with van der Waals surface area (Å²) in [5.41, 5.74) is 1.07. The van der Waals surface area contributed by atoms with Gasteiger partial charge in [-0.15, -0.1) is 11.8 Å². The quantitative estimate of drug-likeness (QED) is 0.728. The number of carbonyl (C=O) groups excluding carboxylic acids is 2. The van der Waals surface area contributed by atoms with Crippen molar-refractivity contribution in [2.75, 3.05) is 36.5 Å². The summed E-state index contributed by atoms with van der Waals surface area (Å²) in [4.78, 5) is 29.3. The molecule has 0 radical (unpaired) electrons. The van der Waals surface area contributed by atoms with Crippen LogP contribution in [0.1, 0.15) is 12.0 Å². The molecule has 0 saturated carbocycles. The molecule has 3 atom stereocenters. The number of benzene rings is 2. The van der Waals surface area contributed by atoms with Gasteiger partial charge in [0.1, 0.15) is 17.0 Å². The topological polar surface area (TPSA) is 79.9 Å². The maximum absolute atomic E-state index is 13.6. The molecule has 0 bridgehead atoms. The zero-order valence-corrected chi connectivity index (χ0v) is 18.7. The molecule has 1 spiro atoms. The Morgan fingerprint density at radius 3 is 2.81 bits per heavy atom. The van der Waals surface area contributed by atoms with Gasteiger partial charge < -0.3 is 20.1 Å². The first-order chi connectivity index (χ1) is 15.0. The van der Waals surface area contributed by atoms with Crippen LogP contribution >= 0.6 is 23.4 Å². The predicted molar refractivity (Wildman–Crippen MR) is 121 cm³/mol. The number of methoxy groups -OCH3 is 2.